The minimum absolute atomic E-state index is 0.279. The number of fused-ring (bicyclic) bond motifs is 1. The van der Waals surface area contributed by atoms with Gasteiger partial charge in [-0.2, -0.15) is 0 Å². The Kier molecular flexibility index (Phi) is 3.63. The van der Waals surface area contributed by atoms with E-state index in [0.29, 0.717) is 5.41 Å². The highest BCUT2D eigenvalue weighted by Crippen LogP contribution is 2.45. The highest BCUT2D eigenvalue weighted by atomic mass is 14.7. The number of pyridine rings is 1. The predicted octanol–water partition coefficient (Wildman–Crippen LogP) is 5.33. The van der Waals surface area contributed by atoms with Crippen LogP contribution in [-0.4, -0.2) is 4.98 Å². The molecular formula is C21H27N. The third-order valence-corrected chi connectivity index (χ3v) is 5.28. The van der Waals surface area contributed by atoms with Crippen molar-refractivity contribution in [1.29, 1.82) is 0 Å². The first kappa shape index (κ1) is 15.3. The maximum atomic E-state index is 4.55. The molecule has 0 amide bonds. The molecule has 0 saturated heterocycles. The zero-order valence-corrected chi connectivity index (χ0v) is 14.5. The van der Waals surface area contributed by atoms with E-state index in [4.69, 9.17) is 0 Å². The van der Waals surface area contributed by atoms with Gasteiger partial charge >= 0.3 is 0 Å². The number of hydrogen-bond donors (Lipinski definition) is 0. The molecule has 0 aliphatic heterocycles. The summed E-state index contributed by atoms with van der Waals surface area (Å²) < 4.78 is 0. The molecule has 3 rings (SSSR count). The van der Waals surface area contributed by atoms with Crippen molar-refractivity contribution in [2.45, 2.75) is 64.7 Å². The zero-order valence-electron chi connectivity index (χ0n) is 14.5. The summed E-state index contributed by atoms with van der Waals surface area (Å²) in [5, 5.41) is 0. The summed E-state index contributed by atoms with van der Waals surface area (Å²) >= 11 is 0. The summed E-state index contributed by atoms with van der Waals surface area (Å²) in [6.45, 7) is 11.6. The molecule has 0 radical (unpaired) electrons. The summed E-state index contributed by atoms with van der Waals surface area (Å²) in [4.78, 5) is 4.55. The number of aromatic nitrogens is 1. The molecule has 1 aliphatic rings. The molecule has 0 saturated carbocycles. The lowest BCUT2D eigenvalue weighted by Crippen LogP contribution is -2.33. The summed E-state index contributed by atoms with van der Waals surface area (Å²) in [5.41, 5.74) is 7.39. The minimum Gasteiger partial charge on any atom is -0.261 e. The maximum absolute atomic E-state index is 4.55. The molecule has 1 aromatic carbocycles. The van der Waals surface area contributed by atoms with Crippen LogP contribution in [0.2, 0.25) is 0 Å². The van der Waals surface area contributed by atoms with E-state index in [1.807, 2.05) is 6.20 Å². The highest BCUT2D eigenvalue weighted by molar-refractivity contribution is 5.44. The van der Waals surface area contributed by atoms with Crippen LogP contribution in [0.5, 0.6) is 0 Å². The molecule has 22 heavy (non-hydrogen) atoms. The first-order valence-corrected chi connectivity index (χ1v) is 8.33. The lowest BCUT2D eigenvalue weighted by Gasteiger charge is -2.42. The summed E-state index contributed by atoms with van der Waals surface area (Å²) in [6, 6.07) is 11.4. The second kappa shape index (κ2) is 5.22. The predicted molar refractivity (Wildman–Crippen MR) is 93.5 cm³/mol. The van der Waals surface area contributed by atoms with E-state index in [-0.39, 0.29) is 5.41 Å². The van der Waals surface area contributed by atoms with Crippen molar-refractivity contribution in [3.63, 3.8) is 0 Å². The molecule has 0 atom stereocenters. The average Bonchev–Trinajstić information content (AvgIpc) is 2.47. The standard InChI is InChI=1S/C21H27N/c1-15-6-8-17(22-14-15)12-16-7-9-18-19(13-16)21(4,5)11-10-20(18,2)3/h6-9,13-14H,10-12H2,1-5H3. The molecule has 1 aromatic heterocycles. The van der Waals surface area contributed by atoms with E-state index in [9.17, 15) is 0 Å². The van der Waals surface area contributed by atoms with Crippen molar-refractivity contribution in [1.82, 2.24) is 4.98 Å². The molecule has 0 N–H and O–H groups in total. The summed E-state index contributed by atoms with van der Waals surface area (Å²) in [6.07, 6.45) is 5.41. The molecule has 1 nitrogen and oxygen atoms in total. The minimum atomic E-state index is 0.279. The maximum Gasteiger partial charge on any atom is 0.0447 e. The van der Waals surface area contributed by atoms with Gasteiger partial charge in [0.25, 0.3) is 0 Å². The van der Waals surface area contributed by atoms with Gasteiger partial charge in [0.2, 0.25) is 0 Å². The van der Waals surface area contributed by atoms with Crippen molar-refractivity contribution in [2.75, 3.05) is 0 Å². The molecule has 116 valence electrons. The molecule has 1 aliphatic carbocycles. The van der Waals surface area contributed by atoms with E-state index in [2.05, 4.69) is 69.9 Å². The van der Waals surface area contributed by atoms with Gasteiger partial charge in [0.05, 0.1) is 0 Å². The first-order chi connectivity index (χ1) is 10.3. The quantitative estimate of drug-likeness (QED) is 0.729. The van der Waals surface area contributed by atoms with Crippen LogP contribution in [0.25, 0.3) is 0 Å². The topological polar surface area (TPSA) is 12.9 Å². The third-order valence-electron chi connectivity index (χ3n) is 5.28. The normalized spacial score (nSPS) is 18.8. The van der Waals surface area contributed by atoms with Crippen molar-refractivity contribution in [2.24, 2.45) is 0 Å². The van der Waals surface area contributed by atoms with Gasteiger partial charge < -0.3 is 0 Å². The van der Waals surface area contributed by atoms with Crippen LogP contribution in [0.4, 0.5) is 0 Å². The van der Waals surface area contributed by atoms with Crippen LogP contribution < -0.4 is 0 Å². The van der Waals surface area contributed by atoms with Crippen molar-refractivity contribution in [3.8, 4) is 0 Å². The molecule has 1 heterocycles. The molecule has 0 bridgehead atoms. The fourth-order valence-corrected chi connectivity index (χ4v) is 3.56. The lowest BCUT2D eigenvalue weighted by molar-refractivity contribution is 0.331. The van der Waals surface area contributed by atoms with Crippen LogP contribution in [0.3, 0.4) is 0 Å². The first-order valence-electron chi connectivity index (χ1n) is 8.33. The van der Waals surface area contributed by atoms with E-state index in [1.54, 1.807) is 0 Å². The molecule has 1 heteroatoms. The summed E-state index contributed by atoms with van der Waals surface area (Å²) in [7, 11) is 0. The SMILES string of the molecule is Cc1ccc(Cc2ccc3c(c2)C(C)(C)CCC3(C)C)nc1. The Morgan fingerprint density at radius 3 is 2.23 bits per heavy atom. The third kappa shape index (κ3) is 2.82. The van der Waals surface area contributed by atoms with Crippen LogP contribution in [-0.2, 0) is 17.3 Å². The van der Waals surface area contributed by atoms with Crippen molar-refractivity contribution >= 4 is 0 Å². The molecule has 0 fully saturated rings. The van der Waals surface area contributed by atoms with Gasteiger partial charge in [0.15, 0.2) is 0 Å². The van der Waals surface area contributed by atoms with Crippen molar-refractivity contribution < 1.29 is 0 Å². The molecule has 0 unspecified atom stereocenters. The van der Waals surface area contributed by atoms with Crippen molar-refractivity contribution in [3.05, 3.63) is 64.5 Å². The van der Waals surface area contributed by atoms with Crippen LogP contribution in [0.1, 0.15) is 68.5 Å². The molecule has 2 aromatic rings. The smallest absolute Gasteiger partial charge is 0.0447 e. The van der Waals surface area contributed by atoms with E-state index in [0.717, 1.165) is 12.1 Å². The second-order valence-corrected chi connectivity index (χ2v) is 8.15. The number of aryl methyl sites for hydroxylation is 1. The number of benzene rings is 1. The Balaban J connectivity index is 1.97. The lowest BCUT2D eigenvalue weighted by atomic mass is 9.63. The van der Waals surface area contributed by atoms with E-state index < -0.39 is 0 Å². The molecule has 0 spiro atoms. The van der Waals surface area contributed by atoms with Gasteiger partial charge in [-0.05, 0) is 58.9 Å². The Bertz CT molecular complexity index is 678. The monoisotopic (exact) mass is 293 g/mol. The highest BCUT2D eigenvalue weighted by Gasteiger charge is 2.36. The Morgan fingerprint density at radius 1 is 0.909 bits per heavy atom. The number of nitrogens with zero attached hydrogens (tertiary/aromatic N) is 1. The largest absolute Gasteiger partial charge is 0.261 e. The number of rotatable bonds is 2. The van der Waals surface area contributed by atoms with Gasteiger partial charge in [-0.15, -0.1) is 0 Å². The fraction of sp³-hybridized carbons (Fsp3) is 0.476. The van der Waals surface area contributed by atoms with Crippen LogP contribution >= 0.6 is 0 Å². The van der Waals surface area contributed by atoms with Gasteiger partial charge in [-0.1, -0.05) is 52.0 Å². The van der Waals surface area contributed by atoms with Crippen LogP contribution in [0.15, 0.2) is 36.5 Å². The van der Waals surface area contributed by atoms with Crippen LogP contribution in [0, 0.1) is 6.92 Å². The van der Waals surface area contributed by atoms with Gasteiger partial charge in [-0.3, -0.25) is 4.98 Å². The molecular weight excluding hydrogens is 266 g/mol. The van der Waals surface area contributed by atoms with Gasteiger partial charge in [0, 0.05) is 18.3 Å². The van der Waals surface area contributed by atoms with E-state index >= 15 is 0 Å². The Labute approximate surface area is 134 Å². The number of hydrogen-bond acceptors (Lipinski definition) is 1. The average molecular weight is 293 g/mol. The second-order valence-electron chi connectivity index (χ2n) is 8.15. The Morgan fingerprint density at radius 2 is 1.59 bits per heavy atom. The zero-order chi connectivity index (χ0) is 16.0. The Hall–Kier alpha value is -1.63. The fourth-order valence-electron chi connectivity index (χ4n) is 3.56. The van der Waals surface area contributed by atoms with Gasteiger partial charge in [-0.25, -0.2) is 0 Å². The van der Waals surface area contributed by atoms with Gasteiger partial charge in [0.1, 0.15) is 0 Å². The van der Waals surface area contributed by atoms with E-state index in [1.165, 1.54) is 35.1 Å². The summed E-state index contributed by atoms with van der Waals surface area (Å²) in [5.74, 6) is 0.